The monoisotopic (exact) mass is 318 g/mol. The van der Waals surface area contributed by atoms with E-state index < -0.39 is 0 Å². The number of amides is 1. The van der Waals surface area contributed by atoms with E-state index in [1.807, 2.05) is 17.0 Å². The molecule has 1 N–H and O–H groups in total. The maximum atomic E-state index is 11.9. The van der Waals surface area contributed by atoms with Gasteiger partial charge in [-0.1, -0.05) is 12.1 Å². The zero-order valence-corrected chi connectivity index (χ0v) is 13.6. The van der Waals surface area contributed by atoms with Crippen LogP contribution in [-0.2, 0) is 11.3 Å². The highest BCUT2D eigenvalue weighted by molar-refractivity contribution is 5.78. The smallest absolute Gasteiger partial charge is 0.260 e. The SMILES string of the molecule is O=C(COc1ccc(CN2CC[C@H](CO)C2)cc1)N1CCCC1. The summed E-state index contributed by atoms with van der Waals surface area (Å²) in [4.78, 5) is 16.2. The summed E-state index contributed by atoms with van der Waals surface area (Å²) in [5.41, 5.74) is 1.24. The van der Waals surface area contributed by atoms with Crippen molar-refractivity contribution in [1.29, 1.82) is 0 Å². The Balaban J connectivity index is 1.44. The van der Waals surface area contributed by atoms with Crippen LogP contribution in [0.2, 0.25) is 0 Å². The fourth-order valence-electron chi connectivity index (χ4n) is 3.36. The highest BCUT2D eigenvalue weighted by Gasteiger charge is 2.21. The van der Waals surface area contributed by atoms with Gasteiger partial charge in [-0.2, -0.15) is 0 Å². The molecule has 0 spiro atoms. The molecule has 5 nitrogen and oxygen atoms in total. The number of ether oxygens (including phenoxy) is 1. The first kappa shape index (κ1) is 16.3. The fraction of sp³-hybridized carbons (Fsp3) is 0.611. The lowest BCUT2D eigenvalue weighted by molar-refractivity contribution is -0.132. The van der Waals surface area contributed by atoms with Crippen LogP contribution in [0, 0.1) is 5.92 Å². The Morgan fingerprint density at radius 2 is 1.91 bits per heavy atom. The molecule has 2 heterocycles. The Morgan fingerprint density at radius 3 is 2.57 bits per heavy atom. The lowest BCUT2D eigenvalue weighted by Crippen LogP contribution is -2.32. The molecule has 0 bridgehead atoms. The van der Waals surface area contributed by atoms with Gasteiger partial charge in [-0.3, -0.25) is 9.69 Å². The van der Waals surface area contributed by atoms with Crippen LogP contribution < -0.4 is 4.74 Å². The number of nitrogens with zero attached hydrogens (tertiary/aromatic N) is 2. The number of likely N-dealkylation sites (tertiary alicyclic amines) is 2. The van der Waals surface area contributed by atoms with Gasteiger partial charge in [0.15, 0.2) is 6.61 Å². The van der Waals surface area contributed by atoms with Crippen molar-refractivity contribution in [3.8, 4) is 5.75 Å². The third-order valence-electron chi connectivity index (χ3n) is 4.78. The van der Waals surface area contributed by atoms with Crippen molar-refractivity contribution >= 4 is 5.91 Å². The van der Waals surface area contributed by atoms with Gasteiger partial charge in [-0.15, -0.1) is 0 Å². The molecule has 23 heavy (non-hydrogen) atoms. The largest absolute Gasteiger partial charge is 0.484 e. The Hall–Kier alpha value is -1.59. The standard InChI is InChI=1S/C18H26N2O3/c21-13-16-7-10-19(12-16)11-15-3-5-17(6-4-15)23-14-18(22)20-8-1-2-9-20/h3-6,16,21H,1-2,7-14H2/t16-/m0/s1. The molecule has 0 unspecified atom stereocenters. The summed E-state index contributed by atoms with van der Waals surface area (Å²) < 4.78 is 5.60. The van der Waals surface area contributed by atoms with E-state index in [0.717, 1.165) is 57.7 Å². The maximum Gasteiger partial charge on any atom is 0.260 e. The number of benzene rings is 1. The molecular formula is C18H26N2O3. The van der Waals surface area contributed by atoms with E-state index in [2.05, 4.69) is 17.0 Å². The van der Waals surface area contributed by atoms with Crippen LogP contribution >= 0.6 is 0 Å². The first-order valence-corrected chi connectivity index (χ1v) is 8.57. The summed E-state index contributed by atoms with van der Waals surface area (Å²) in [5, 5.41) is 9.19. The van der Waals surface area contributed by atoms with Gasteiger partial charge < -0.3 is 14.7 Å². The van der Waals surface area contributed by atoms with Crippen molar-refractivity contribution in [2.75, 3.05) is 39.4 Å². The average Bonchev–Trinajstić information content (AvgIpc) is 3.25. The molecule has 2 aliphatic heterocycles. The topological polar surface area (TPSA) is 53.0 Å². The van der Waals surface area contributed by atoms with E-state index >= 15 is 0 Å². The van der Waals surface area contributed by atoms with E-state index in [1.165, 1.54) is 5.56 Å². The van der Waals surface area contributed by atoms with Crippen LogP contribution in [0.4, 0.5) is 0 Å². The molecule has 2 saturated heterocycles. The van der Waals surface area contributed by atoms with Crippen LogP contribution in [-0.4, -0.2) is 60.2 Å². The van der Waals surface area contributed by atoms with Crippen molar-refractivity contribution in [3.05, 3.63) is 29.8 Å². The number of rotatable bonds is 6. The van der Waals surface area contributed by atoms with E-state index in [1.54, 1.807) is 0 Å². The Morgan fingerprint density at radius 1 is 1.17 bits per heavy atom. The molecule has 1 amide bonds. The highest BCUT2D eigenvalue weighted by atomic mass is 16.5. The third kappa shape index (κ3) is 4.45. The van der Waals surface area contributed by atoms with Gasteiger partial charge in [0.1, 0.15) is 5.75 Å². The number of aliphatic hydroxyl groups excluding tert-OH is 1. The first-order chi connectivity index (χ1) is 11.2. The van der Waals surface area contributed by atoms with E-state index in [-0.39, 0.29) is 19.1 Å². The van der Waals surface area contributed by atoms with Crippen molar-refractivity contribution in [2.45, 2.75) is 25.8 Å². The normalized spacial score (nSPS) is 21.8. The minimum atomic E-state index is 0.0821. The van der Waals surface area contributed by atoms with Crippen molar-refractivity contribution in [1.82, 2.24) is 9.80 Å². The predicted molar refractivity (Wildman–Crippen MR) is 88.2 cm³/mol. The second kappa shape index (κ2) is 7.79. The van der Waals surface area contributed by atoms with Crippen LogP contribution in [0.1, 0.15) is 24.8 Å². The average molecular weight is 318 g/mol. The van der Waals surface area contributed by atoms with Crippen LogP contribution in [0.15, 0.2) is 24.3 Å². The summed E-state index contributed by atoms with van der Waals surface area (Å²) in [5.74, 6) is 1.25. The summed E-state index contributed by atoms with van der Waals surface area (Å²) in [6.45, 7) is 5.08. The number of carbonyl (C=O) groups excluding carboxylic acids is 1. The molecule has 0 radical (unpaired) electrons. The van der Waals surface area contributed by atoms with Crippen LogP contribution in [0.3, 0.4) is 0 Å². The minimum Gasteiger partial charge on any atom is -0.484 e. The zero-order valence-electron chi connectivity index (χ0n) is 13.6. The maximum absolute atomic E-state index is 11.9. The zero-order chi connectivity index (χ0) is 16.1. The molecule has 0 aromatic heterocycles. The van der Waals surface area contributed by atoms with Gasteiger partial charge >= 0.3 is 0 Å². The number of carbonyl (C=O) groups is 1. The fourth-order valence-corrected chi connectivity index (χ4v) is 3.36. The lowest BCUT2D eigenvalue weighted by atomic mass is 10.1. The Bertz CT molecular complexity index is 512. The van der Waals surface area contributed by atoms with Gasteiger partial charge in [0, 0.05) is 32.8 Å². The van der Waals surface area contributed by atoms with Crippen molar-refractivity contribution in [3.63, 3.8) is 0 Å². The molecule has 126 valence electrons. The van der Waals surface area contributed by atoms with E-state index in [4.69, 9.17) is 4.74 Å². The van der Waals surface area contributed by atoms with Crippen molar-refractivity contribution in [2.24, 2.45) is 5.92 Å². The van der Waals surface area contributed by atoms with E-state index in [0.29, 0.717) is 5.92 Å². The predicted octanol–water partition coefficient (Wildman–Crippen LogP) is 1.50. The molecule has 1 aromatic carbocycles. The molecule has 1 aromatic rings. The summed E-state index contributed by atoms with van der Waals surface area (Å²) >= 11 is 0. The molecule has 0 aliphatic carbocycles. The molecule has 2 aliphatic rings. The van der Waals surface area contributed by atoms with E-state index in [9.17, 15) is 9.90 Å². The minimum absolute atomic E-state index is 0.0821. The molecular weight excluding hydrogens is 292 g/mol. The summed E-state index contributed by atoms with van der Waals surface area (Å²) in [6, 6.07) is 7.99. The molecule has 1 atom stereocenters. The Kier molecular flexibility index (Phi) is 5.51. The van der Waals surface area contributed by atoms with Gasteiger partial charge in [0.05, 0.1) is 0 Å². The molecule has 5 heteroatoms. The quantitative estimate of drug-likeness (QED) is 0.864. The summed E-state index contributed by atoms with van der Waals surface area (Å²) in [6.07, 6.45) is 3.29. The van der Waals surface area contributed by atoms with Gasteiger partial charge in [0.25, 0.3) is 5.91 Å². The number of hydrogen-bond donors (Lipinski definition) is 1. The highest BCUT2D eigenvalue weighted by Crippen LogP contribution is 2.20. The second-order valence-electron chi connectivity index (χ2n) is 6.59. The van der Waals surface area contributed by atoms with Crippen molar-refractivity contribution < 1.29 is 14.6 Å². The van der Waals surface area contributed by atoms with Gasteiger partial charge in [0.2, 0.25) is 0 Å². The lowest BCUT2D eigenvalue weighted by Gasteiger charge is -2.17. The molecule has 2 fully saturated rings. The van der Waals surface area contributed by atoms with Gasteiger partial charge in [-0.05, 0) is 49.4 Å². The van der Waals surface area contributed by atoms with Crippen LogP contribution in [0.25, 0.3) is 0 Å². The van der Waals surface area contributed by atoms with Gasteiger partial charge in [-0.25, -0.2) is 0 Å². The Labute approximate surface area is 137 Å². The second-order valence-corrected chi connectivity index (χ2v) is 6.59. The first-order valence-electron chi connectivity index (χ1n) is 8.57. The van der Waals surface area contributed by atoms with Crippen LogP contribution in [0.5, 0.6) is 5.75 Å². The summed E-state index contributed by atoms with van der Waals surface area (Å²) in [7, 11) is 0. The molecule has 3 rings (SSSR count). The molecule has 0 saturated carbocycles. The third-order valence-corrected chi connectivity index (χ3v) is 4.78. The number of hydrogen-bond acceptors (Lipinski definition) is 4. The number of aliphatic hydroxyl groups is 1.